The van der Waals surface area contributed by atoms with Crippen molar-refractivity contribution >= 4 is 23.5 Å². The van der Waals surface area contributed by atoms with E-state index in [0.29, 0.717) is 17.3 Å². The summed E-state index contributed by atoms with van der Waals surface area (Å²) in [5.41, 5.74) is 3.69. The summed E-state index contributed by atoms with van der Waals surface area (Å²) in [5.74, 6) is 0.665. The van der Waals surface area contributed by atoms with Gasteiger partial charge in [-0.25, -0.2) is 9.07 Å². The molecule has 0 saturated carbocycles. The number of nitrogens with one attached hydrogen (secondary N) is 1. The van der Waals surface area contributed by atoms with Gasteiger partial charge in [-0.3, -0.25) is 4.79 Å². The fourth-order valence-electron chi connectivity index (χ4n) is 3.04. The van der Waals surface area contributed by atoms with Crippen LogP contribution in [0, 0.1) is 12.7 Å². The Morgan fingerprint density at radius 1 is 1.16 bits per heavy atom. The van der Waals surface area contributed by atoms with Crippen molar-refractivity contribution in [1.29, 1.82) is 0 Å². The number of aryl methyl sites for hydroxylation is 1. The molecule has 4 rings (SSSR count). The van der Waals surface area contributed by atoms with E-state index in [1.54, 1.807) is 28.6 Å². The molecule has 1 aliphatic heterocycles. The quantitative estimate of drug-likeness (QED) is 0.755. The van der Waals surface area contributed by atoms with E-state index in [4.69, 9.17) is 0 Å². The molecule has 0 spiro atoms. The topological polar surface area (TPSA) is 46.9 Å². The standard InChI is InChI=1S/C19H16FN3OS/c1-12-17-18(13-5-3-2-4-6-13)25-11-16(24)21-19(17)23(22-12)15-9-7-14(20)8-10-15/h2-10,18H,11H2,1H3,(H,21,24)/t18-/m1/s1. The Hall–Kier alpha value is -2.60. The molecular weight excluding hydrogens is 337 g/mol. The number of carbonyl (C=O) groups is 1. The van der Waals surface area contributed by atoms with E-state index in [-0.39, 0.29) is 17.0 Å². The number of halogens is 1. The Bertz CT molecular complexity index is 922. The van der Waals surface area contributed by atoms with Crippen LogP contribution >= 0.6 is 11.8 Å². The van der Waals surface area contributed by atoms with Gasteiger partial charge in [0.2, 0.25) is 5.91 Å². The molecule has 25 heavy (non-hydrogen) atoms. The summed E-state index contributed by atoms with van der Waals surface area (Å²) in [7, 11) is 0. The number of amides is 1. The molecule has 6 heteroatoms. The van der Waals surface area contributed by atoms with E-state index in [1.165, 1.54) is 12.1 Å². The zero-order valence-corrected chi connectivity index (χ0v) is 14.4. The van der Waals surface area contributed by atoms with Crippen LogP contribution in [0.25, 0.3) is 5.69 Å². The maximum absolute atomic E-state index is 13.3. The first-order valence-electron chi connectivity index (χ1n) is 7.95. The number of fused-ring (bicyclic) bond motifs is 1. The van der Waals surface area contributed by atoms with Crippen LogP contribution in [0.15, 0.2) is 54.6 Å². The maximum Gasteiger partial charge on any atom is 0.235 e. The molecule has 1 aliphatic rings. The molecule has 0 aliphatic carbocycles. The van der Waals surface area contributed by atoms with Gasteiger partial charge >= 0.3 is 0 Å². The van der Waals surface area contributed by atoms with Crippen molar-refractivity contribution in [2.24, 2.45) is 0 Å². The zero-order chi connectivity index (χ0) is 17.4. The van der Waals surface area contributed by atoms with Crippen LogP contribution in [0.2, 0.25) is 0 Å². The van der Waals surface area contributed by atoms with Crippen molar-refractivity contribution < 1.29 is 9.18 Å². The number of rotatable bonds is 2. The minimum Gasteiger partial charge on any atom is -0.310 e. The molecule has 1 N–H and O–H groups in total. The Morgan fingerprint density at radius 3 is 2.60 bits per heavy atom. The second-order valence-electron chi connectivity index (χ2n) is 5.89. The lowest BCUT2D eigenvalue weighted by Crippen LogP contribution is -2.15. The SMILES string of the molecule is Cc1nn(-c2ccc(F)cc2)c2c1[C@@H](c1ccccc1)SCC(=O)N2. The summed E-state index contributed by atoms with van der Waals surface area (Å²) < 4.78 is 14.9. The predicted molar refractivity (Wildman–Crippen MR) is 97.6 cm³/mol. The van der Waals surface area contributed by atoms with Gasteiger partial charge in [-0.15, -0.1) is 11.8 Å². The molecule has 0 radical (unpaired) electrons. The van der Waals surface area contributed by atoms with Gasteiger partial charge in [0.25, 0.3) is 0 Å². The average Bonchev–Trinajstić information content (AvgIpc) is 2.83. The molecule has 0 fully saturated rings. The van der Waals surface area contributed by atoms with Crippen LogP contribution in [0.5, 0.6) is 0 Å². The fourth-order valence-corrected chi connectivity index (χ4v) is 4.23. The van der Waals surface area contributed by atoms with Gasteiger partial charge in [-0.1, -0.05) is 30.3 Å². The lowest BCUT2D eigenvalue weighted by atomic mass is 10.0. The van der Waals surface area contributed by atoms with E-state index in [1.807, 2.05) is 25.1 Å². The Balaban J connectivity index is 1.89. The Kier molecular flexibility index (Phi) is 4.05. The normalized spacial score (nSPS) is 16.9. The Morgan fingerprint density at radius 2 is 1.88 bits per heavy atom. The summed E-state index contributed by atoms with van der Waals surface area (Å²) in [6.45, 7) is 1.94. The monoisotopic (exact) mass is 353 g/mol. The maximum atomic E-state index is 13.3. The van der Waals surface area contributed by atoms with Gasteiger partial charge in [0, 0.05) is 5.56 Å². The van der Waals surface area contributed by atoms with Crippen molar-refractivity contribution in [3.8, 4) is 5.69 Å². The van der Waals surface area contributed by atoms with Crippen molar-refractivity contribution in [2.75, 3.05) is 11.1 Å². The van der Waals surface area contributed by atoms with Gasteiger partial charge in [-0.05, 0) is 36.8 Å². The van der Waals surface area contributed by atoms with E-state index in [9.17, 15) is 9.18 Å². The highest BCUT2D eigenvalue weighted by molar-refractivity contribution is 8.00. The number of benzene rings is 2. The van der Waals surface area contributed by atoms with Gasteiger partial charge in [0.1, 0.15) is 11.6 Å². The van der Waals surface area contributed by atoms with E-state index in [2.05, 4.69) is 22.5 Å². The number of nitrogens with zero attached hydrogens (tertiary/aromatic N) is 2. The lowest BCUT2D eigenvalue weighted by molar-refractivity contribution is -0.113. The number of anilines is 1. The molecule has 2 heterocycles. The number of aromatic nitrogens is 2. The second kappa shape index (κ2) is 6.37. The Labute approximate surface area is 149 Å². The van der Waals surface area contributed by atoms with E-state index in [0.717, 1.165) is 16.8 Å². The molecule has 126 valence electrons. The van der Waals surface area contributed by atoms with E-state index >= 15 is 0 Å². The second-order valence-corrected chi connectivity index (χ2v) is 6.98. The first-order chi connectivity index (χ1) is 12.1. The molecule has 0 bridgehead atoms. The van der Waals surface area contributed by atoms with Crippen molar-refractivity contribution in [3.63, 3.8) is 0 Å². The lowest BCUT2D eigenvalue weighted by Gasteiger charge is -2.15. The summed E-state index contributed by atoms with van der Waals surface area (Å²) in [6.07, 6.45) is 0. The van der Waals surface area contributed by atoms with Gasteiger partial charge in [-0.2, -0.15) is 5.10 Å². The molecule has 4 nitrogen and oxygen atoms in total. The van der Waals surface area contributed by atoms with Crippen molar-refractivity contribution in [2.45, 2.75) is 12.2 Å². The molecule has 0 unspecified atom stereocenters. The largest absolute Gasteiger partial charge is 0.310 e. The number of carbonyl (C=O) groups excluding carboxylic acids is 1. The van der Waals surface area contributed by atoms with Gasteiger partial charge in [0.05, 0.1) is 22.4 Å². The summed E-state index contributed by atoms with van der Waals surface area (Å²) in [5, 5.41) is 7.60. The van der Waals surface area contributed by atoms with Crippen molar-refractivity contribution in [1.82, 2.24) is 9.78 Å². The van der Waals surface area contributed by atoms with Crippen LogP contribution in [0.3, 0.4) is 0 Å². The average molecular weight is 353 g/mol. The summed E-state index contributed by atoms with van der Waals surface area (Å²) >= 11 is 1.59. The predicted octanol–water partition coefficient (Wildman–Crippen LogP) is 4.09. The third-order valence-electron chi connectivity index (χ3n) is 4.18. The molecule has 0 saturated heterocycles. The van der Waals surface area contributed by atoms with Crippen molar-refractivity contribution in [3.05, 3.63) is 77.2 Å². The van der Waals surface area contributed by atoms with Gasteiger partial charge < -0.3 is 5.32 Å². The highest BCUT2D eigenvalue weighted by Gasteiger charge is 2.30. The summed E-state index contributed by atoms with van der Waals surface area (Å²) in [4.78, 5) is 12.2. The van der Waals surface area contributed by atoms with Crippen LogP contribution < -0.4 is 5.32 Å². The molecular formula is C19H16FN3OS. The molecule has 3 aromatic rings. The van der Waals surface area contributed by atoms with Crippen LogP contribution in [-0.2, 0) is 4.79 Å². The van der Waals surface area contributed by atoms with Gasteiger partial charge in [0.15, 0.2) is 0 Å². The van der Waals surface area contributed by atoms with Crippen LogP contribution in [0.1, 0.15) is 22.1 Å². The van der Waals surface area contributed by atoms with Crippen LogP contribution in [-0.4, -0.2) is 21.4 Å². The third kappa shape index (κ3) is 2.93. The minimum absolute atomic E-state index is 0.0179. The highest BCUT2D eigenvalue weighted by atomic mass is 32.2. The first-order valence-corrected chi connectivity index (χ1v) is 9.00. The third-order valence-corrected chi connectivity index (χ3v) is 5.45. The first kappa shape index (κ1) is 15.9. The minimum atomic E-state index is -0.305. The molecule has 1 atom stereocenters. The molecule has 1 aromatic heterocycles. The van der Waals surface area contributed by atoms with E-state index < -0.39 is 0 Å². The number of thioether (sulfide) groups is 1. The fraction of sp³-hybridized carbons (Fsp3) is 0.158. The molecule has 2 aromatic carbocycles. The smallest absolute Gasteiger partial charge is 0.235 e. The number of hydrogen-bond acceptors (Lipinski definition) is 3. The summed E-state index contributed by atoms with van der Waals surface area (Å²) in [6, 6.07) is 16.2. The number of hydrogen-bond donors (Lipinski definition) is 1. The molecule has 1 amide bonds. The van der Waals surface area contributed by atoms with Crippen LogP contribution in [0.4, 0.5) is 10.2 Å². The highest BCUT2D eigenvalue weighted by Crippen LogP contribution is 2.43. The zero-order valence-electron chi connectivity index (χ0n) is 13.6.